The van der Waals surface area contributed by atoms with Gasteiger partial charge in [0.1, 0.15) is 5.00 Å². The van der Waals surface area contributed by atoms with Crippen LogP contribution in [0.5, 0.6) is 0 Å². The van der Waals surface area contributed by atoms with Crippen LogP contribution in [0.25, 0.3) is 11.1 Å². The van der Waals surface area contributed by atoms with Crippen LogP contribution < -0.4 is 11.1 Å². The Labute approximate surface area is 184 Å². The molecule has 7 nitrogen and oxygen atoms in total. The van der Waals surface area contributed by atoms with E-state index in [0.717, 1.165) is 16.9 Å². The molecule has 0 unspecified atom stereocenters. The van der Waals surface area contributed by atoms with Crippen molar-refractivity contribution in [1.82, 2.24) is 0 Å². The summed E-state index contributed by atoms with van der Waals surface area (Å²) in [7, 11) is 0. The largest absolute Gasteiger partial charge is 0.365 e. The molecule has 0 saturated heterocycles. The molecule has 160 valence electrons. The first-order valence-corrected chi connectivity index (χ1v) is 10.6. The summed E-state index contributed by atoms with van der Waals surface area (Å²) >= 11 is 1.27. The Balaban J connectivity index is 1.93. The van der Waals surface area contributed by atoms with Crippen molar-refractivity contribution in [2.24, 2.45) is 11.7 Å². The van der Waals surface area contributed by atoms with Crippen molar-refractivity contribution in [2.45, 2.75) is 27.2 Å². The zero-order valence-corrected chi connectivity index (χ0v) is 18.3. The first kappa shape index (κ1) is 22.2. The number of non-ortho nitro benzene ring substituents is 1. The molecule has 3 rings (SSSR count). The van der Waals surface area contributed by atoms with Crippen molar-refractivity contribution in [1.29, 1.82) is 0 Å². The highest BCUT2D eigenvalue weighted by molar-refractivity contribution is 7.17. The van der Waals surface area contributed by atoms with Crippen LogP contribution >= 0.6 is 11.3 Å². The zero-order valence-electron chi connectivity index (χ0n) is 17.5. The third kappa shape index (κ3) is 4.97. The molecule has 0 bridgehead atoms. The Bertz CT molecular complexity index is 1130. The van der Waals surface area contributed by atoms with Crippen LogP contribution in [0, 0.1) is 23.0 Å². The van der Waals surface area contributed by atoms with E-state index in [1.165, 1.54) is 41.2 Å². The Kier molecular flexibility index (Phi) is 6.50. The van der Waals surface area contributed by atoms with Crippen LogP contribution in [0.4, 0.5) is 10.7 Å². The molecule has 0 aliphatic heterocycles. The second kappa shape index (κ2) is 9.09. The van der Waals surface area contributed by atoms with E-state index in [-0.39, 0.29) is 16.8 Å². The highest BCUT2D eigenvalue weighted by Crippen LogP contribution is 2.40. The number of nitrogens with zero attached hydrogens (tertiary/aromatic N) is 1. The summed E-state index contributed by atoms with van der Waals surface area (Å²) in [6, 6.07) is 13.2. The molecular weight excluding hydrogens is 414 g/mol. The van der Waals surface area contributed by atoms with Crippen molar-refractivity contribution in [3.05, 3.63) is 80.2 Å². The maximum atomic E-state index is 12.6. The standard InChI is InChI=1S/C23H23N3O4S/c1-13(2)12-15-4-6-16(7-5-15)19-14(3)31-23(20(19)21(24)27)25-22(28)17-8-10-18(11-9-17)26(29)30/h4-11,13H,12H2,1-3H3,(H2,24,27)(H,25,28). The van der Waals surface area contributed by atoms with Gasteiger partial charge in [-0.25, -0.2) is 0 Å². The number of rotatable bonds is 7. The van der Waals surface area contributed by atoms with Gasteiger partial charge < -0.3 is 11.1 Å². The van der Waals surface area contributed by atoms with Gasteiger partial charge in [-0.1, -0.05) is 38.1 Å². The van der Waals surface area contributed by atoms with Crippen molar-refractivity contribution >= 4 is 33.8 Å². The lowest BCUT2D eigenvalue weighted by Crippen LogP contribution is -2.17. The van der Waals surface area contributed by atoms with Crippen LogP contribution in [0.3, 0.4) is 0 Å². The van der Waals surface area contributed by atoms with Crippen molar-refractivity contribution < 1.29 is 14.5 Å². The van der Waals surface area contributed by atoms with E-state index in [2.05, 4.69) is 19.2 Å². The molecule has 3 aromatic rings. The van der Waals surface area contributed by atoms with Gasteiger partial charge in [-0.2, -0.15) is 0 Å². The van der Waals surface area contributed by atoms with Gasteiger partial charge in [0.05, 0.1) is 10.5 Å². The number of nitro groups is 1. The molecule has 0 saturated carbocycles. The number of amides is 2. The Morgan fingerprint density at radius 3 is 2.23 bits per heavy atom. The molecule has 0 aliphatic rings. The van der Waals surface area contributed by atoms with Crippen molar-refractivity contribution in [3.63, 3.8) is 0 Å². The molecular formula is C23H23N3O4S. The maximum absolute atomic E-state index is 12.6. The second-order valence-electron chi connectivity index (χ2n) is 7.65. The summed E-state index contributed by atoms with van der Waals surface area (Å²) in [6.45, 7) is 6.18. The fourth-order valence-corrected chi connectivity index (χ4v) is 4.48. The first-order chi connectivity index (χ1) is 14.7. The van der Waals surface area contributed by atoms with E-state index in [4.69, 9.17) is 5.73 Å². The van der Waals surface area contributed by atoms with Gasteiger partial charge >= 0.3 is 0 Å². The maximum Gasteiger partial charge on any atom is 0.269 e. The smallest absolute Gasteiger partial charge is 0.269 e. The normalized spacial score (nSPS) is 10.8. The molecule has 1 heterocycles. The summed E-state index contributed by atoms with van der Waals surface area (Å²) in [4.78, 5) is 36.0. The molecule has 0 atom stereocenters. The predicted octanol–water partition coefficient (Wildman–Crippen LogP) is 5.18. The van der Waals surface area contributed by atoms with Crippen LogP contribution in [0.2, 0.25) is 0 Å². The third-order valence-electron chi connectivity index (χ3n) is 4.78. The van der Waals surface area contributed by atoms with Crippen molar-refractivity contribution in [2.75, 3.05) is 5.32 Å². The number of carbonyl (C=O) groups excluding carboxylic acids is 2. The molecule has 0 fully saturated rings. The number of hydrogen-bond donors (Lipinski definition) is 2. The third-order valence-corrected chi connectivity index (χ3v) is 5.81. The Morgan fingerprint density at radius 2 is 1.71 bits per heavy atom. The van der Waals surface area contributed by atoms with Crippen LogP contribution in [-0.2, 0) is 6.42 Å². The minimum atomic E-state index is -0.635. The number of nitrogens with one attached hydrogen (secondary N) is 1. The zero-order chi connectivity index (χ0) is 22.7. The predicted molar refractivity (Wildman–Crippen MR) is 123 cm³/mol. The van der Waals surface area contributed by atoms with Gasteiger partial charge in [-0.15, -0.1) is 11.3 Å². The molecule has 0 aliphatic carbocycles. The number of carbonyl (C=O) groups is 2. The summed E-state index contributed by atoms with van der Waals surface area (Å²) < 4.78 is 0. The second-order valence-corrected chi connectivity index (χ2v) is 8.88. The van der Waals surface area contributed by atoms with E-state index in [0.29, 0.717) is 16.5 Å². The lowest BCUT2D eigenvalue weighted by atomic mass is 9.97. The average Bonchev–Trinajstić information content (AvgIpc) is 3.04. The number of hydrogen-bond acceptors (Lipinski definition) is 5. The van der Waals surface area contributed by atoms with E-state index in [1.54, 1.807) is 0 Å². The number of nitro benzene ring substituents is 1. The molecule has 2 amide bonds. The molecule has 3 N–H and O–H groups in total. The molecule has 0 spiro atoms. The number of aryl methyl sites for hydroxylation is 1. The summed E-state index contributed by atoms with van der Waals surface area (Å²) in [5.74, 6) is -0.571. The van der Waals surface area contributed by atoms with Crippen molar-refractivity contribution in [3.8, 4) is 11.1 Å². The minimum Gasteiger partial charge on any atom is -0.365 e. The topological polar surface area (TPSA) is 115 Å². The van der Waals surface area contributed by atoms with Gasteiger partial charge in [0.2, 0.25) is 0 Å². The number of anilines is 1. The minimum absolute atomic E-state index is 0.107. The molecule has 31 heavy (non-hydrogen) atoms. The summed E-state index contributed by atoms with van der Waals surface area (Å²) in [6.07, 6.45) is 0.960. The number of primary amides is 1. The monoisotopic (exact) mass is 437 g/mol. The van der Waals surface area contributed by atoms with Gasteiger partial charge in [0, 0.05) is 28.1 Å². The van der Waals surface area contributed by atoms with Gasteiger partial charge in [-0.05, 0) is 42.5 Å². The lowest BCUT2D eigenvalue weighted by Gasteiger charge is -2.09. The molecule has 8 heteroatoms. The average molecular weight is 438 g/mol. The van der Waals surface area contributed by atoms with E-state index >= 15 is 0 Å². The highest BCUT2D eigenvalue weighted by atomic mass is 32.1. The quantitative estimate of drug-likeness (QED) is 0.391. The van der Waals surface area contributed by atoms with Gasteiger partial charge in [-0.3, -0.25) is 19.7 Å². The Morgan fingerprint density at radius 1 is 1.10 bits per heavy atom. The molecule has 2 aromatic carbocycles. The number of nitrogens with two attached hydrogens (primary N) is 1. The number of benzene rings is 2. The van der Waals surface area contributed by atoms with Crippen LogP contribution in [-0.4, -0.2) is 16.7 Å². The lowest BCUT2D eigenvalue weighted by molar-refractivity contribution is -0.384. The Hall–Kier alpha value is -3.52. The van der Waals surface area contributed by atoms with Gasteiger partial charge in [0.15, 0.2) is 0 Å². The van der Waals surface area contributed by atoms with Crippen LogP contribution in [0.1, 0.15) is 45.0 Å². The SMILES string of the molecule is Cc1sc(NC(=O)c2ccc([N+](=O)[O-])cc2)c(C(N)=O)c1-c1ccc(CC(C)C)cc1. The summed E-state index contributed by atoms with van der Waals surface area (Å²) in [5, 5.41) is 13.9. The van der Waals surface area contributed by atoms with E-state index < -0.39 is 16.7 Å². The summed E-state index contributed by atoms with van der Waals surface area (Å²) in [5.41, 5.74) is 8.83. The molecule has 1 aromatic heterocycles. The first-order valence-electron chi connectivity index (χ1n) is 9.75. The fraction of sp³-hybridized carbons (Fsp3) is 0.217. The van der Waals surface area contributed by atoms with E-state index in [1.807, 2.05) is 31.2 Å². The highest BCUT2D eigenvalue weighted by Gasteiger charge is 2.23. The van der Waals surface area contributed by atoms with E-state index in [9.17, 15) is 19.7 Å². The fourth-order valence-electron chi connectivity index (χ4n) is 3.40. The molecule has 0 radical (unpaired) electrons. The number of thiophene rings is 1. The van der Waals surface area contributed by atoms with Gasteiger partial charge in [0.25, 0.3) is 17.5 Å². The van der Waals surface area contributed by atoms with Crippen LogP contribution in [0.15, 0.2) is 48.5 Å².